The number of rotatable bonds is 6. The highest BCUT2D eigenvalue weighted by Gasteiger charge is 2.24. The summed E-state index contributed by atoms with van der Waals surface area (Å²) in [5.41, 5.74) is 0.976. The number of aryl methyl sites for hydroxylation is 1. The van der Waals surface area contributed by atoms with Crippen LogP contribution < -0.4 is 9.64 Å². The minimum atomic E-state index is 0.545. The molecular weight excluding hydrogens is 318 g/mol. The van der Waals surface area contributed by atoms with Gasteiger partial charge in [0.05, 0.1) is 6.61 Å². The largest absolute Gasteiger partial charge is 0.478 e. The molecule has 0 N–H and O–H groups in total. The molecule has 2 heterocycles. The molecule has 5 heteroatoms. The number of hydrogen-bond donors (Lipinski definition) is 0. The number of aromatic nitrogens is 2. The van der Waals surface area contributed by atoms with E-state index in [1.165, 1.54) is 19.3 Å². The van der Waals surface area contributed by atoms with Crippen molar-refractivity contribution in [3.63, 3.8) is 0 Å². The first-order valence-corrected chi connectivity index (χ1v) is 8.67. The van der Waals surface area contributed by atoms with Gasteiger partial charge in [-0.3, -0.25) is 0 Å². The maximum atomic E-state index is 5.68. The van der Waals surface area contributed by atoms with Gasteiger partial charge in [-0.2, -0.15) is 4.98 Å². The Morgan fingerprint density at radius 2 is 2.25 bits per heavy atom. The molecule has 0 saturated carbocycles. The van der Waals surface area contributed by atoms with Crippen molar-refractivity contribution >= 4 is 21.9 Å². The Morgan fingerprint density at radius 3 is 3.00 bits per heavy atom. The lowest BCUT2D eigenvalue weighted by Crippen LogP contribution is -2.41. The van der Waals surface area contributed by atoms with Crippen LogP contribution in [0.3, 0.4) is 0 Å². The Balaban J connectivity index is 2.18. The zero-order chi connectivity index (χ0) is 14.4. The summed E-state index contributed by atoms with van der Waals surface area (Å²) in [5.74, 6) is 1.54. The summed E-state index contributed by atoms with van der Waals surface area (Å²) in [6.45, 7) is 5.87. The molecule has 1 fully saturated rings. The van der Waals surface area contributed by atoms with Gasteiger partial charge in [0.15, 0.2) is 0 Å². The van der Waals surface area contributed by atoms with E-state index in [4.69, 9.17) is 4.74 Å². The van der Waals surface area contributed by atoms with Crippen LogP contribution in [0.2, 0.25) is 0 Å². The third-order valence-corrected chi connectivity index (χ3v) is 4.06. The normalized spacial score (nSPS) is 19.1. The summed E-state index contributed by atoms with van der Waals surface area (Å²) in [7, 11) is 0. The van der Waals surface area contributed by atoms with E-state index in [2.05, 4.69) is 37.7 Å². The van der Waals surface area contributed by atoms with Crippen LogP contribution in [0, 0.1) is 6.92 Å². The predicted octanol–water partition coefficient (Wildman–Crippen LogP) is 3.72. The van der Waals surface area contributed by atoms with Gasteiger partial charge in [-0.05, 0) is 39.0 Å². The summed E-state index contributed by atoms with van der Waals surface area (Å²) in [5, 5.41) is 1.03. The summed E-state index contributed by atoms with van der Waals surface area (Å²) in [6.07, 6.45) is 5.89. The van der Waals surface area contributed by atoms with E-state index < -0.39 is 0 Å². The fourth-order valence-corrected chi connectivity index (χ4v) is 3.15. The monoisotopic (exact) mass is 341 g/mol. The van der Waals surface area contributed by atoms with Crippen LogP contribution in [-0.2, 0) is 0 Å². The summed E-state index contributed by atoms with van der Waals surface area (Å²) >= 11 is 3.56. The van der Waals surface area contributed by atoms with Crippen molar-refractivity contribution in [3.8, 4) is 5.88 Å². The number of nitrogens with zero attached hydrogens (tertiary/aromatic N) is 3. The van der Waals surface area contributed by atoms with Crippen molar-refractivity contribution in [2.45, 2.75) is 52.0 Å². The van der Waals surface area contributed by atoms with Crippen LogP contribution in [-0.4, -0.2) is 34.5 Å². The molecule has 0 bridgehead atoms. The SMILES string of the molecule is CCCOc1cc(C)nc(N2CCCCC2CCBr)n1. The molecule has 112 valence electrons. The zero-order valence-corrected chi connectivity index (χ0v) is 14.0. The Morgan fingerprint density at radius 1 is 1.40 bits per heavy atom. The van der Waals surface area contributed by atoms with Gasteiger partial charge in [-0.25, -0.2) is 4.98 Å². The van der Waals surface area contributed by atoms with E-state index in [0.717, 1.165) is 36.4 Å². The van der Waals surface area contributed by atoms with Gasteiger partial charge < -0.3 is 9.64 Å². The third kappa shape index (κ3) is 4.08. The lowest BCUT2D eigenvalue weighted by Gasteiger charge is -2.35. The summed E-state index contributed by atoms with van der Waals surface area (Å²) in [4.78, 5) is 11.6. The number of piperidine rings is 1. The van der Waals surface area contributed by atoms with Crippen LogP contribution in [0.5, 0.6) is 5.88 Å². The molecule has 1 aromatic rings. The van der Waals surface area contributed by atoms with E-state index in [-0.39, 0.29) is 0 Å². The summed E-state index contributed by atoms with van der Waals surface area (Å²) < 4.78 is 5.68. The minimum absolute atomic E-state index is 0.545. The molecule has 0 amide bonds. The minimum Gasteiger partial charge on any atom is -0.478 e. The molecule has 4 nitrogen and oxygen atoms in total. The molecule has 2 rings (SSSR count). The molecule has 0 aliphatic carbocycles. The van der Waals surface area contributed by atoms with Crippen molar-refractivity contribution in [2.75, 3.05) is 23.4 Å². The van der Waals surface area contributed by atoms with Crippen LogP contribution in [0.4, 0.5) is 5.95 Å². The highest BCUT2D eigenvalue weighted by atomic mass is 79.9. The number of alkyl halides is 1. The summed E-state index contributed by atoms with van der Waals surface area (Å²) in [6, 6.07) is 2.46. The molecule has 1 unspecified atom stereocenters. The van der Waals surface area contributed by atoms with Gasteiger partial charge in [0.1, 0.15) is 0 Å². The Labute approximate surface area is 130 Å². The topological polar surface area (TPSA) is 38.2 Å². The van der Waals surface area contributed by atoms with E-state index >= 15 is 0 Å². The maximum Gasteiger partial charge on any atom is 0.229 e. The van der Waals surface area contributed by atoms with Gasteiger partial charge in [0.25, 0.3) is 0 Å². The van der Waals surface area contributed by atoms with Crippen molar-refractivity contribution < 1.29 is 4.74 Å². The van der Waals surface area contributed by atoms with E-state index in [1.54, 1.807) is 0 Å². The van der Waals surface area contributed by atoms with E-state index in [1.807, 2.05) is 13.0 Å². The fraction of sp³-hybridized carbons (Fsp3) is 0.733. The fourth-order valence-electron chi connectivity index (χ4n) is 2.62. The second kappa shape index (κ2) is 7.81. The molecule has 0 radical (unpaired) electrons. The third-order valence-electron chi connectivity index (χ3n) is 3.60. The molecule has 20 heavy (non-hydrogen) atoms. The van der Waals surface area contributed by atoms with Crippen LogP contribution in [0.15, 0.2) is 6.07 Å². The van der Waals surface area contributed by atoms with E-state index in [0.29, 0.717) is 18.5 Å². The average molecular weight is 342 g/mol. The number of ether oxygens (including phenoxy) is 1. The molecule has 1 aromatic heterocycles. The number of anilines is 1. The van der Waals surface area contributed by atoms with Gasteiger partial charge >= 0.3 is 0 Å². The van der Waals surface area contributed by atoms with Crippen LogP contribution in [0.1, 0.15) is 44.7 Å². The second-order valence-corrected chi connectivity index (χ2v) is 6.11. The first-order chi connectivity index (χ1) is 9.74. The van der Waals surface area contributed by atoms with Crippen molar-refractivity contribution in [1.82, 2.24) is 9.97 Å². The predicted molar refractivity (Wildman–Crippen MR) is 86.0 cm³/mol. The molecular formula is C15H24BrN3O. The quantitative estimate of drug-likeness (QED) is 0.739. The highest BCUT2D eigenvalue weighted by Crippen LogP contribution is 2.26. The molecule has 1 aliphatic heterocycles. The van der Waals surface area contributed by atoms with Crippen LogP contribution >= 0.6 is 15.9 Å². The Bertz CT molecular complexity index is 426. The van der Waals surface area contributed by atoms with Gasteiger partial charge in [0, 0.05) is 29.7 Å². The first kappa shape index (κ1) is 15.5. The van der Waals surface area contributed by atoms with Gasteiger partial charge in [-0.15, -0.1) is 0 Å². The number of halogens is 1. The standard InChI is InChI=1S/C15H24BrN3O/c1-3-10-20-14-11-12(2)17-15(18-14)19-9-5-4-6-13(19)7-8-16/h11,13H,3-10H2,1-2H3. The van der Waals surface area contributed by atoms with Crippen molar-refractivity contribution in [2.24, 2.45) is 0 Å². The first-order valence-electron chi connectivity index (χ1n) is 7.55. The molecule has 1 aliphatic rings. The second-order valence-electron chi connectivity index (χ2n) is 5.32. The lowest BCUT2D eigenvalue weighted by atomic mass is 10.0. The molecule has 1 atom stereocenters. The van der Waals surface area contributed by atoms with Crippen LogP contribution in [0.25, 0.3) is 0 Å². The Hall–Kier alpha value is -0.840. The smallest absolute Gasteiger partial charge is 0.229 e. The molecule has 0 spiro atoms. The van der Waals surface area contributed by atoms with Gasteiger partial charge in [-0.1, -0.05) is 22.9 Å². The highest BCUT2D eigenvalue weighted by molar-refractivity contribution is 9.09. The lowest BCUT2D eigenvalue weighted by molar-refractivity contribution is 0.303. The molecule has 0 aromatic carbocycles. The number of hydrogen-bond acceptors (Lipinski definition) is 4. The molecule has 1 saturated heterocycles. The maximum absolute atomic E-state index is 5.68. The average Bonchev–Trinajstić information content (AvgIpc) is 2.45. The van der Waals surface area contributed by atoms with Crippen molar-refractivity contribution in [1.29, 1.82) is 0 Å². The van der Waals surface area contributed by atoms with Crippen molar-refractivity contribution in [3.05, 3.63) is 11.8 Å². The van der Waals surface area contributed by atoms with Gasteiger partial charge in [0.2, 0.25) is 11.8 Å². The zero-order valence-electron chi connectivity index (χ0n) is 12.4. The van der Waals surface area contributed by atoms with E-state index in [9.17, 15) is 0 Å². The Kier molecular flexibility index (Phi) is 6.07.